The van der Waals surface area contributed by atoms with E-state index < -0.39 is 24.0 Å². The van der Waals surface area contributed by atoms with Crippen molar-refractivity contribution in [1.29, 1.82) is 0 Å². The van der Waals surface area contributed by atoms with Crippen LogP contribution in [0, 0.1) is 0 Å². The van der Waals surface area contributed by atoms with Gasteiger partial charge in [0.25, 0.3) is 5.91 Å². The number of carboxylic acids is 1. The number of carbonyl (C=O) groups excluding carboxylic acids is 1. The highest BCUT2D eigenvalue weighted by Gasteiger charge is 2.27. The Hall–Kier alpha value is -2.60. The minimum Gasteiger partial charge on any atom is -0.480 e. The standard InChI is InChI=1S/C15H15NO5/c1-9(17)12(15(19)20)16-14(18)13-11(7-8-21-13)10-5-3-2-4-6-10/h2-9,12,17H,1H3,(H,16,18)(H,19,20). The molecule has 6 nitrogen and oxygen atoms in total. The number of amides is 1. The van der Waals surface area contributed by atoms with Crippen LogP contribution in [0.4, 0.5) is 0 Å². The molecule has 0 bridgehead atoms. The van der Waals surface area contributed by atoms with Gasteiger partial charge in [-0.2, -0.15) is 0 Å². The molecule has 0 saturated heterocycles. The number of carbonyl (C=O) groups is 2. The highest BCUT2D eigenvalue weighted by Crippen LogP contribution is 2.24. The van der Waals surface area contributed by atoms with Crippen LogP contribution in [0.15, 0.2) is 47.1 Å². The first-order valence-corrected chi connectivity index (χ1v) is 6.35. The maximum atomic E-state index is 12.1. The first-order chi connectivity index (χ1) is 10.0. The average molecular weight is 289 g/mol. The predicted molar refractivity (Wildman–Crippen MR) is 74.7 cm³/mol. The zero-order valence-corrected chi connectivity index (χ0v) is 11.3. The zero-order valence-electron chi connectivity index (χ0n) is 11.3. The molecule has 0 fully saturated rings. The van der Waals surface area contributed by atoms with Crippen molar-refractivity contribution in [3.63, 3.8) is 0 Å². The lowest BCUT2D eigenvalue weighted by atomic mass is 10.1. The Bertz CT molecular complexity index is 633. The van der Waals surface area contributed by atoms with Crippen molar-refractivity contribution < 1.29 is 24.2 Å². The van der Waals surface area contributed by atoms with Crippen molar-refractivity contribution in [1.82, 2.24) is 5.32 Å². The van der Waals surface area contributed by atoms with Crippen molar-refractivity contribution in [2.75, 3.05) is 0 Å². The van der Waals surface area contributed by atoms with Crippen LogP contribution in [0.2, 0.25) is 0 Å². The van der Waals surface area contributed by atoms with Gasteiger partial charge in [0.15, 0.2) is 11.8 Å². The topological polar surface area (TPSA) is 99.8 Å². The maximum Gasteiger partial charge on any atom is 0.328 e. The summed E-state index contributed by atoms with van der Waals surface area (Å²) in [4.78, 5) is 23.1. The monoisotopic (exact) mass is 289 g/mol. The first-order valence-electron chi connectivity index (χ1n) is 6.35. The average Bonchev–Trinajstić information content (AvgIpc) is 2.94. The lowest BCUT2D eigenvalue weighted by Crippen LogP contribution is -2.47. The van der Waals surface area contributed by atoms with Crippen molar-refractivity contribution in [2.24, 2.45) is 0 Å². The number of nitrogens with one attached hydrogen (secondary N) is 1. The molecule has 2 aromatic rings. The van der Waals surface area contributed by atoms with Crippen LogP contribution in [-0.4, -0.2) is 34.2 Å². The summed E-state index contributed by atoms with van der Waals surface area (Å²) in [7, 11) is 0. The number of aliphatic hydroxyl groups is 1. The van der Waals surface area contributed by atoms with E-state index in [1.54, 1.807) is 6.07 Å². The van der Waals surface area contributed by atoms with Gasteiger partial charge >= 0.3 is 5.97 Å². The summed E-state index contributed by atoms with van der Waals surface area (Å²) in [6.07, 6.45) is 0.136. The highest BCUT2D eigenvalue weighted by molar-refractivity contribution is 6.00. The molecule has 2 atom stereocenters. The molecule has 0 aliphatic carbocycles. The Labute approximate surface area is 121 Å². The van der Waals surface area contributed by atoms with E-state index in [0.29, 0.717) is 5.56 Å². The SMILES string of the molecule is CC(O)C(NC(=O)c1occc1-c1ccccc1)C(=O)O. The fourth-order valence-corrected chi connectivity index (χ4v) is 1.93. The van der Waals surface area contributed by atoms with Gasteiger partial charge < -0.3 is 19.9 Å². The molecule has 0 spiro atoms. The van der Waals surface area contributed by atoms with Gasteiger partial charge in [0.1, 0.15) is 0 Å². The van der Waals surface area contributed by atoms with Gasteiger partial charge in [0, 0.05) is 5.56 Å². The van der Waals surface area contributed by atoms with Crippen LogP contribution < -0.4 is 5.32 Å². The van der Waals surface area contributed by atoms with Crippen molar-refractivity contribution in [2.45, 2.75) is 19.1 Å². The van der Waals surface area contributed by atoms with E-state index in [1.165, 1.54) is 13.2 Å². The Morgan fingerprint density at radius 3 is 2.43 bits per heavy atom. The third-order valence-corrected chi connectivity index (χ3v) is 2.99. The first kappa shape index (κ1) is 14.8. The second-order valence-electron chi connectivity index (χ2n) is 4.56. The van der Waals surface area contributed by atoms with Gasteiger partial charge in [0.2, 0.25) is 0 Å². The quantitative estimate of drug-likeness (QED) is 0.774. The molecule has 2 rings (SSSR count). The molecule has 0 aliphatic heterocycles. The van der Waals surface area contributed by atoms with Crippen LogP contribution in [0.3, 0.4) is 0 Å². The Morgan fingerprint density at radius 2 is 1.86 bits per heavy atom. The summed E-state index contributed by atoms with van der Waals surface area (Å²) in [6, 6.07) is 9.33. The number of aliphatic hydroxyl groups excluding tert-OH is 1. The van der Waals surface area contributed by atoms with Crippen molar-refractivity contribution in [3.05, 3.63) is 48.4 Å². The van der Waals surface area contributed by atoms with Gasteiger partial charge in [-0.25, -0.2) is 4.79 Å². The van der Waals surface area contributed by atoms with Crippen LogP contribution in [-0.2, 0) is 4.79 Å². The maximum absolute atomic E-state index is 12.1. The number of rotatable bonds is 5. The third kappa shape index (κ3) is 3.29. The van der Waals surface area contributed by atoms with Gasteiger partial charge in [-0.3, -0.25) is 4.79 Å². The summed E-state index contributed by atoms with van der Waals surface area (Å²) < 4.78 is 5.15. The fraction of sp³-hybridized carbons (Fsp3) is 0.200. The van der Waals surface area contributed by atoms with E-state index in [0.717, 1.165) is 5.56 Å². The number of furan rings is 1. The molecule has 1 aromatic heterocycles. The molecule has 0 saturated carbocycles. The van der Waals surface area contributed by atoms with E-state index in [2.05, 4.69) is 5.32 Å². The van der Waals surface area contributed by atoms with Crippen LogP contribution in [0.5, 0.6) is 0 Å². The molecular weight excluding hydrogens is 274 g/mol. The second kappa shape index (κ2) is 6.23. The summed E-state index contributed by atoms with van der Waals surface area (Å²) in [6.45, 7) is 1.29. The molecule has 21 heavy (non-hydrogen) atoms. The minimum absolute atomic E-state index is 0.00750. The van der Waals surface area contributed by atoms with Crippen molar-refractivity contribution in [3.8, 4) is 11.1 Å². The van der Waals surface area contributed by atoms with Gasteiger partial charge in [0.05, 0.1) is 12.4 Å². The molecule has 2 unspecified atom stereocenters. The minimum atomic E-state index is -1.40. The van der Waals surface area contributed by atoms with Gasteiger partial charge in [-0.05, 0) is 18.6 Å². The van der Waals surface area contributed by atoms with Gasteiger partial charge in [-0.1, -0.05) is 30.3 Å². The summed E-state index contributed by atoms with van der Waals surface area (Å²) in [5.41, 5.74) is 1.34. The molecule has 3 N–H and O–H groups in total. The smallest absolute Gasteiger partial charge is 0.328 e. The number of benzene rings is 1. The summed E-state index contributed by atoms with van der Waals surface area (Å²) >= 11 is 0. The molecule has 1 heterocycles. The molecule has 6 heteroatoms. The van der Waals surface area contributed by atoms with E-state index in [1.807, 2.05) is 30.3 Å². The van der Waals surface area contributed by atoms with E-state index >= 15 is 0 Å². The second-order valence-corrected chi connectivity index (χ2v) is 4.56. The molecule has 0 aliphatic rings. The van der Waals surface area contributed by atoms with Crippen molar-refractivity contribution >= 4 is 11.9 Å². The van der Waals surface area contributed by atoms with Crippen LogP contribution in [0.25, 0.3) is 11.1 Å². The summed E-state index contributed by atoms with van der Waals surface area (Å²) in [5, 5.41) is 20.6. The highest BCUT2D eigenvalue weighted by atomic mass is 16.4. The normalized spacial score (nSPS) is 13.4. The molecular formula is C15H15NO5. The molecule has 1 aromatic carbocycles. The largest absolute Gasteiger partial charge is 0.480 e. The van der Waals surface area contributed by atoms with Crippen LogP contribution >= 0.6 is 0 Å². The Balaban J connectivity index is 2.25. The third-order valence-electron chi connectivity index (χ3n) is 2.99. The molecule has 0 radical (unpaired) electrons. The fourth-order valence-electron chi connectivity index (χ4n) is 1.93. The summed E-state index contributed by atoms with van der Waals surface area (Å²) in [5.74, 6) is -1.99. The number of hydrogen-bond acceptors (Lipinski definition) is 4. The number of carboxylic acid groups (broad SMARTS) is 1. The number of aliphatic carboxylic acids is 1. The van der Waals surface area contributed by atoms with E-state index in [-0.39, 0.29) is 5.76 Å². The predicted octanol–water partition coefficient (Wildman–Crippen LogP) is 1.51. The Kier molecular flexibility index (Phi) is 4.39. The zero-order chi connectivity index (χ0) is 15.4. The number of hydrogen-bond donors (Lipinski definition) is 3. The molecule has 1 amide bonds. The van der Waals surface area contributed by atoms with E-state index in [9.17, 15) is 14.7 Å². The lowest BCUT2D eigenvalue weighted by molar-refractivity contribution is -0.141. The Morgan fingerprint density at radius 1 is 1.19 bits per heavy atom. The lowest BCUT2D eigenvalue weighted by Gasteiger charge is -2.16. The van der Waals surface area contributed by atoms with E-state index in [4.69, 9.17) is 9.52 Å². The van der Waals surface area contributed by atoms with Crippen LogP contribution in [0.1, 0.15) is 17.5 Å². The molecule has 110 valence electrons. The van der Waals surface area contributed by atoms with Gasteiger partial charge in [-0.15, -0.1) is 0 Å².